The summed E-state index contributed by atoms with van der Waals surface area (Å²) in [5.74, 6) is 0. The lowest BCUT2D eigenvalue weighted by Gasteiger charge is -2.04. The van der Waals surface area contributed by atoms with Crippen molar-refractivity contribution in [2.24, 2.45) is 0 Å². The van der Waals surface area contributed by atoms with Crippen molar-refractivity contribution in [2.45, 2.75) is 6.32 Å². The summed E-state index contributed by atoms with van der Waals surface area (Å²) < 4.78 is 1.97. The van der Waals surface area contributed by atoms with Gasteiger partial charge in [0.1, 0.15) is 7.85 Å². The van der Waals surface area contributed by atoms with Crippen LogP contribution in [0.15, 0.2) is 24.5 Å². The van der Waals surface area contributed by atoms with Crippen molar-refractivity contribution < 1.29 is 0 Å². The van der Waals surface area contributed by atoms with E-state index in [-0.39, 0.29) is 0 Å². The van der Waals surface area contributed by atoms with Crippen LogP contribution in [0.3, 0.4) is 0 Å². The van der Waals surface area contributed by atoms with Crippen molar-refractivity contribution in [1.29, 1.82) is 0 Å². The van der Waals surface area contributed by atoms with Crippen molar-refractivity contribution in [3.05, 3.63) is 30.1 Å². The first-order valence-electron chi connectivity index (χ1n) is 5.24. The van der Waals surface area contributed by atoms with Gasteiger partial charge in [-0.15, -0.1) is 0 Å². The molecule has 0 aliphatic rings. The van der Waals surface area contributed by atoms with Gasteiger partial charge in [-0.05, 0) is 11.6 Å². The lowest BCUT2D eigenvalue weighted by atomic mass is 9.27. The van der Waals surface area contributed by atoms with E-state index in [2.05, 4.69) is 39.0 Å². The summed E-state index contributed by atoms with van der Waals surface area (Å²) in [6, 6.07) is 4.36. The third kappa shape index (κ3) is 1.74. The minimum atomic E-state index is 1.16. The van der Waals surface area contributed by atoms with E-state index in [1.807, 2.05) is 10.7 Å². The zero-order chi connectivity index (χ0) is 9.97. The monoisotopic (exact) mass is 180 g/mol. The quantitative estimate of drug-likeness (QED) is 0.474. The highest BCUT2D eigenvalue weighted by Crippen LogP contribution is 2.08. The normalized spacial score (nSPS) is 10.3. The molecule has 66 valence electrons. The molecule has 2 aromatic heterocycles. The van der Waals surface area contributed by atoms with Crippen LogP contribution >= 0.6 is 0 Å². The molecular weight excluding hydrogens is 167 g/mol. The first kappa shape index (κ1) is 9.50. The summed E-state index contributed by atoms with van der Waals surface area (Å²) in [4.78, 5) is 0. The highest BCUT2D eigenvalue weighted by molar-refractivity contribution is 7.23. The van der Waals surface area contributed by atoms with Gasteiger partial charge >= 0.3 is 0 Å². The molecule has 2 heterocycles. The maximum absolute atomic E-state index is 4.26. The molecule has 2 nitrogen and oxygen atoms in total. The van der Waals surface area contributed by atoms with Crippen LogP contribution in [0, 0.1) is 0 Å². The fourth-order valence-electron chi connectivity index (χ4n) is 1.82. The summed E-state index contributed by atoms with van der Waals surface area (Å²) in [5, 5.41) is 4.26. The van der Waals surface area contributed by atoms with Gasteiger partial charge in [-0.25, -0.2) is 4.52 Å². The summed E-state index contributed by atoms with van der Waals surface area (Å²) in [5.41, 5.74) is 3.96. The van der Waals surface area contributed by atoms with Crippen LogP contribution in [0.1, 0.15) is 5.56 Å². The first-order valence-corrected chi connectivity index (χ1v) is 5.24. The van der Waals surface area contributed by atoms with Gasteiger partial charge in [-0.2, -0.15) is 5.10 Å². The Morgan fingerprint density at radius 3 is 3.14 bits per heavy atom. The number of aromatic nitrogens is 2. The lowest BCUT2D eigenvalue weighted by molar-refractivity contribution is 0.960. The molecule has 0 fully saturated rings. The Labute approximate surface area is 87.3 Å². The van der Waals surface area contributed by atoms with Gasteiger partial charge in [0.25, 0.3) is 0 Å². The minimum Gasteiger partial charge on any atom is -0.241 e. The minimum absolute atomic E-state index is 1.16. The molecule has 2 rings (SSSR count). The number of nitrogens with zero attached hydrogens (tertiary/aromatic N) is 2. The van der Waals surface area contributed by atoms with Crippen LogP contribution in [-0.4, -0.2) is 39.4 Å². The molecule has 2 aromatic rings. The summed E-state index contributed by atoms with van der Waals surface area (Å²) >= 11 is 0. The molecular formula is C8H12B4N2. The van der Waals surface area contributed by atoms with E-state index in [9.17, 15) is 0 Å². The Kier molecular flexibility index (Phi) is 2.71. The molecule has 0 radical (unpaired) electrons. The number of hydrogen-bond donors (Lipinski definition) is 0. The van der Waals surface area contributed by atoms with E-state index in [4.69, 9.17) is 0 Å². The molecule has 0 aliphatic heterocycles. The van der Waals surface area contributed by atoms with Crippen molar-refractivity contribution >= 4 is 40.8 Å². The van der Waals surface area contributed by atoms with Crippen LogP contribution in [-0.2, 0) is 6.32 Å². The molecule has 6 heteroatoms. The second kappa shape index (κ2) is 3.99. The van der Waals surface area contributed by atoms with Crippen molar-refractivity contribution in [2.75, 3.05) is 0 Å². The second-order valence-corrected chi connectivity index (χ2v) is 3.81. The van der Waals surface area contributed by atoms with Crippen molar-refractivity contribution in [3.8, 4) is 0 Å². The van der Waals surface area contributed by atoms with Crippen molar-refractivity contribution in [1.82, 2.24) is 9.61 Å². The molecule has 0 saturated heterocycles. The molecule has 0 bridgehead atoms. The number of pyridine rings is 1. The van der Waals surface area contributed by atoms with E-state index in [0.29, 0.717) is 0 Å². The van der Waals surface area contributed by atoms with Gasteiger partial charge in [0.15, 0.2) is 0 Å². The van der Waals surface area contributed by atoms with Crippen LogP contribution in [0.2, 0.25) is 0 Å². The second-order valence-electron chi connectivity index (χ2n) is 3.81. The Morgan fingerprint density at radius 2 is 2.36 bits per heavy atom. The third-order valence-corrected chi connectivity index (χ3v) is 2.53. The highest BCUT2D eigenvalue weighted by Gasteiger charge is 2.02. The summed E-state index contributed by atoms with van der Waals surface area (Å²) in [7, 11) is 6.85. The Hall–Kier alpha value is -1.05. The molecule has 0 aromatic carbocycles. The Morgan fingerprint density at radius 1 is 1.50 bits per heavy atom. The summed E-state index contributed by atoms with van der Waals surface area (Å²) in [6.07, 6.45) is 5.10. The van der Waals surface area contributed by atoms with Gasteiger partial charge in [-0.1, -0.05) is 17.8 Å². The zero-order valence-electron chi connectivity index (χ0n) is 8.83. The maximum atomic E-state index is 4.26. The topological polar surface area (TPSA) is 17.3 Å². The lowest BCUT2D eigenvalue weighted by Crippen LogP contribution is -2.13. The van der Waals surface area contributed by atoms with Gasteiger partial charge in [0.2, 0.25) is 0 Å². The zero-order valence-corrected chi connectivity index (χ0v) is 8.83. The number of rotatable bonds is 3. The molecule has 14 heavy (non-hydrogen) atoms. The Bertz CT molecular complexity index is 440. The first-order chi connectivity index (χ1) is 6.81. The predicted octanol–water partition coefficient (Wildman–Crippen LogP) is -2.57. The summed E-state index contributed by atoms with van der Waals surface area (Å²) in [6.45, 7) is 0. The Balaban J connectivity index is 2.44. The van der Waals surface area contributed by atoms with Crippen LogP contribution in [0.5, 0.6) is 0 Å². The van der Waals surface area contributed by atoms with E-state index in [1.165, 1.54) is 30.8 Å². The van der Waals surface area contributed by atoms with E-state index in [0.717, 1.165) is 6.32 Å². The van der Waals surface area contributed by atoms with Gasteiger partial charge in [0, 0.05) is 12.4 Å². The van der Waals surface area contributed by atoms with Gasteiger partial charge < -0.3 is 0 Å². The predicted molar refractivity (Wildman–Crippen MR) is 69.9 cm³/mol. The molecule has 0 N–H and O–H groups in total. The average Bonchev–Trinajstić information content (AvgIpc) is 2.61. The van der Waals surface area contributed by atoms with Crippen LogP contribution in [0.25, 0.3) is 5.52 Å². The molecule has 0 unspecified atom stereocenters. The van der Waals surface area contributed by atoms with E-state index in [1.54, 1.807) is 0 Å². The fourth-order valence-corrected chi connectivity index (χ4v) is 1.82. The van der Waals surface area contributed by atoms with Crippen molar-refractivity contribution in [3.63, 3.8) is 0 Å². The third-order valence-electron chi connectivity index (χ3n) is 2.53. The molecule has 0 aliphatic carbocycles. The van der Waals surface area contributed by atoms with Gasteiger partial charge in [0.05, 0.1) is 27.5 Å². The maximum Gasteiger partial charge on any atom is 0.141 e. The van der Waals surface area contributed by atoms with E-state index < -0.39 is 0 Å². The number of fused-ring (bicyclic) bond motifs is 1. The number of hydrogen-bond acceptors (Lipinski definition) is 1. The van der Waals surface area contributed by atoms with E-state index >= 15 is 0 Å². The highest BCUT2D eigenvalue weighted by atomic mass is 15.2. The standard InChI is InChI=1S/C8H12B4N2/c9-7-3-6(4-11-12-10)8-1-2-13-14(8)5-7/h1-3,5,11-12H,4,9-10H2. The van der Waals surface area contributed by atoms with Crippen LogP contribution in [0.4, 0.5) is 0 Å². The smallest absolute Gasteiger partial charge is 0.141 e. The SMILES string of the molecule is BBBCc1cc(B)cn2nccc12. The largest absolute Gasteiger partial charge is 0.241 e. The average molecular weight is 179 g/mol. The molecule has 0 saturated carbocycles. The molecule has 0 atom stereocenters. The fraction of sp³-hybridized carbons (Fsp3) is 0.125. The van der Waals surface area contributed by atoms with Gasteiger partial charge in [-0.3, -0.25) is 0 Å². The van der Waals surface area contributed by atoms with Crippen LogP contribution < -0.4 is 5.46 Å². The molecule has 0 spiro atoms. The molecule has 0 amide bonds.